The first kappa shape index (κ1) is 14.3. The van der Waals surface area contributed by atoms with E-state index in [1.807, 2.05) is 34.6 Å². The van der Waals surface area contributed by atoms with Gasteiger partial charge in [-0.15, -0.1) is 0 Å². The Morgan fingerprint density at radius 1 is 1.16 bits per heavy atom. The lowest BCUT2D eigenvalue weighted by molar-refractivity contribution is 0.00578. The molecule has 0 bridgehead atoms. The van der Waals surface area contributed by atoms with E-state index in [1.165, 1.54) is 12.1 Å². The third kappa shape index (κ3) is 2.47. The van der Waals surface area contributed by atoms with E-state index in [9.17, 15) is 4.39 Å². The van der Waals surface area contributed by atoms with E-state index in [4.69, 9.17) is 9.31 Å². The zero-order valence-electron chi connectivity index (χ0n) is 12.2. The largest absolute Gasteiger partial charge is 0.495 e. The topological polar surface area (TPSA) is 18.5 Å². The molecule has 0 amide bonds. The molecule has 0 aliphatic carbocycles. The second-order valence-electron chi connectivity index (χ2n) is 6.10. The van der Waals surface area contributed by atoms with Gasteiger partial charge in [-0.05, 0) is 57.8 Å². The molecule has 1 fully saturated rings. The van der Waals surface area contributed by atoms with Gasteiger partial charge in [-0.3, -0.25) is 0 Å². The van der Waals surface area contributed by atoms with Crippen molar-refractivity contribution in [1.82, 2.24) is 0 Å². The molecule has 2 rings (SSSR count). The van der Waals surface area contributed by atoms with Gasteiger partial charge in [-0.25, -0.2) is 4.39 Å². The zero-order chi connectivity index (χ0) is 14.4. The highest BCUT2D eigenvalue weighted by atomic mass is 19.1. The fourth-order valence-electron chi connectivity index (χ4n) is 2.09. The Hall–Kier alpha value is -1.13. The molecule has 0 atom stereocenters. The summed E-state index contributed by atoms with van der Waals surface area (Å²) in [5.41, 5.74) is 1.57. The molecule has 1 heterocycles. The Labute approximate surface area is 114 Å². The highest BCUT2D eigenvalue weighted by Crippen LogP contribution is 2.37. The molecule has 2 nitrogen and oxygen atoms in total. The van der Waals surface area contributed by atoms with E-state index in [1.54, 1.807) is 6.07 Å². The quantitative estimate of drug-likeness (QED) is 0.762. The van der Waals surface area contributed by atoms with Crippen molar-refractivity contribution >= 4 is 18.2 Å². The third-order valence-corrected chi connectivity index (χ3v) is 3.98. The Kier molecular flexibility index (Phi) is 3.35. The second kappa shape index (κ2) is 4.46. The van der Waals surface area contributed by atoms with Crippen molar-refractivity contribution in [1.29, 1.82) is 0 Å². The van der Waals surface area contributed by atoms with Crippen molar-refractivity contribution in [2.75, 3.05) is 0 Å². The fraction of sp³-hybridized carbons (Fsp3) is 0.467. The number of hydrogen-bond donors (Lipinski definition) is 0. The number of benzene rings is 1. The van der Waals surface area contributed by atoms with Gasteiger partial charge in [-0.2, -0.15) is 0 Å². The van der Waals surface area contributed by atoms with E-state index in [2.05, 4.69) is 6.58 Å². The number of hydrogen-bond acceptors (Lipinski definition) is 2. The summed E-state index contributed by atoms with van der Waals surface area (Å²) in [4.78, 5) is 0. The summed E-state index contributed by atoms with van der Waals surface area (Å²) in [6.07, 6.45) is 0. The standard InChI is InChI=1S/C15H20BFO2/c1-10(2)12-8-7-11(17)9-13(12)16-18-14(3,4)15(5,6)19-16/h7-9H,1H2,2-6H3. The van der Waals surface area contributed by atoms with Gasteiger partial charge in [0.1, 0.15) is 5.82 Å². The van der Waals surface area contributed by atoms with E-state index < -0.39 is 18.3 Å². The zero-order valence-corrected chi connectivity index (χ0v) is 12.2. The van der Waals surface area contributed by atoms with Crippen LogP contribution in [-0.4, -0.2) is 18.3 Å². The maximum atomic E-state index is 13.5. The van der Waals surface area contributed by atoms with Crippen LogP contribution < -0.4 is 5.46 Å². The minimum Gasteiger partial charge on any atom is -0.399 e. The van der Waals surface area contributed by atoms with Gasteiger partial charge in [0.2, 0.25) is 0 Å². The minimum atomic E-state index is -0.563. The molecule has 0 saturated carbocycles. The molecule has 0 aromatic heterocycles. The lowest BCUT2D eigenvalue weighted by atomic mass is 9.74. The van der Waals surface area contributed by atoms with Gasteiger partial charge in [-0.1, -0.05) is 18.2 Å². The molecule has 1 aromatic carbocycles. The number of halogens is 1. The van der Waals surface area contributed by atoms with Crippen LogP contribution in [0.2, 0.25) is 0 Å². The minimum absolute atomic E-state index is 0.297. The van der Waals surface area contributed by atoms with Crippen LogP contribution in [0.4, 0.5) is 4.39 Å². The highest BCUT2D eigenvalue weighted by molar-refractivity contribution is 6.63. The van der Waals surface area contributed by atoms with Gasteiger partial charge in [0.15, 0.2) is 0 Å². The van der Waals surface area contributed by atoms with Crippen LogP contribution in [0.1, 0.15) is 40.2 Å². The number of allylic oxidation sites excluding steroid dienone is 1. The van der Waals surface area contributed by atoms with Crippen molar-refractivity contribution in [3.05, 3.63) is 36.2 Å². The molecule has 1 aromatic rings. The first-order valence-corrected chi connectivity index (χ1v) is 6.45. The summed E-state index contributed by atoms with van der Waals surface area (Å²) in [6.45, 7) is 13.7. The first-order chi connectivity index (χ1) is 8.64. The molecule has 4 heteroatoms. The molecule has 1 aliphatic heterocycles. The van der Waals surface area contributed by atoms with Crippen LogP contribution in [0.3, 0.4) is 0 Å². The van der Waals surface area contributed by atoms with E-state index in [0.717, 1.165) is 11.1 Å². The van der Waals surface area contributed by atoms with E-state index >= 15 is 0 Å². The Balaban J connectivity index is 2.44. The second-order valence-corrected chi connectivity index (χ2v) is 6.10. The summed E-state index contributed by atoms with van der Waals surface area (Å²) >= 11 is 0. The molecule has 0 spiro atoms. The van der Waals surface area contributed by atoms with Crippen LogP contribution in [-0.2, 0) is 9.31 Å². The maximum absolute atomic E-state index is 13.5. The number of rotatable bonds is 2. The van der Waals surface area contributed by atoms with Gasteiger partial charge in [0.25, 0.3) is 0 Å². The summed E-state index contributed by atoms with van der Waals surface area (Å²) in [7, 11) is -0.563. The van der Waals surface area contributed by atoms with Crippen LogP contribution in [0.15, 0.2) is 24.8 Å². The smallest absolute Gasteiger partial charge is 0.399 e. The van der Waals surface area contributed by atoms with Crippen molar-refractivity contribution in [3.8, 4) is 0 Å². The third-order valence-electron chi connectivity index (χ3n) is 3.98. The van der Waals surface area contributed by atoms with Gasteiger partial charge < -0.3 is 9.31 Å². The molecular formula is C15H20BFO2. The van der Waals surface area contributed by atoms with E-state index in [0.29, 0.717) is 5.46 Å². The lowest BCUT2D eigenvalue weighted by Gasteiger charge is -2.32. The molecule has 19 heavy (non-hydrogen) atoms. The van der Waals surface area contributed by atoms with Gasteiger partial charge in [0.05, 0.1) is 11.2 Å². The first-order valence-electron chi connectivity index (χ1n) is 6.45. The van der Waals surface area contributed by atoms with Gasteiger partial charge >= 0.3 is 7.12 Å². The van der Waals surface area contributed by atoms with Crippen molar-refractivity contribution < 1.29 is 13.7 Å². The fourth-order valence-corrected chi connectivity index (χ4v) is 2.09. The van der Waals surface area contributed by atoms with Crippen LogP contribution in [0, 0.1) is 5.82 Å². The average molecular weight is 262 g/mol. The normalized spacial score (nSPS) is 20.6. The molecule has 0 unspecified atom stereocenters. The predicted octanol–water partition coefficient (Wildman–Crippen LogP) is 3.16. The van der Waals surface area contributed by atoms with E-state index in [-0.39, 0.29) is 5.82 Å². The summed E-state index contributed by atoms with van der Waals surface area (Å²) in [5.74, 6) is -0.297. The predicted molar refractivity (Wildman–Crippen MR) is 76.8 cm³/mol. The summed E-state index contributed by atoms with van der Waals surface area (Å²) in [6, 6.07) is 4.61. The SMILES string of the molecule is C=C(C)c1ccc(F)cc1B1OC(C)(C)C(C)(C)O1. The molecule has 1 aliphatic rings. The van der Waals surface area contributed by atoms with Crippen molar-refractivity contribution in [2.24, 2.45) is 0 Å². The monoisotopic (exact) mass is 262 g/mol. The highest BCUT2D eigenvalue weighted by Gasteiger charge is 2.52. The van der Waals surface area contributed by atoms with Crippen molar-refractivity contribution in [2.45, 2.75) is 45.8 Å². The molecular weight excluding hydrogens is 242 g/mol. The Morgan fingerprint density at radius 2 is 1.68 bits per heavy atom. The molecule has 0 N–H and O–H groups in total. The molecule has 0 radical (unpaired) electrons. The van der Waals surface area contributed by atoms with Crippen LogP contribution in [0.5, 0.6) is 0 Å². The van der Waals surface area contributed by atoms with Gasteiger partial charge in [0, 0.05) is 0 Å². The summed E-state index contributed by atoms with van der Waals surface area (Å²) in [5, 5.41) is 0. The maximum Gasteiger partial charge on any atom is 0.495 e. The Morgan fingerprint density at radius 3 is 2.16 bits per heavy atom. The summed E-state index contributed by atoms with van der Waals surface area (Å²) < 4.78 is 25.4. The average Bonchev–Trinajstić information content (AvgIpc) is 2.47. The van der Waals surface area contributed by atoms with Crippen LogP contribution >= 0.6 is 0 Å². The lowest BCUT2D eigenvalue weighted by Crippen LogP contribution is -2.41. The van der Waals surface area contributed by atoms with Crippen LogP contribution in [0.25, 0.3) is 5.57 Å². The van der Waals surface area contributed by atoms with Crippen molar-refractivity contribution in [3.63, 3.8) is 0 Å². The Bertz CT molecular complexity index is 507. The molecule has 102 valence electrons. The molecule has 1 saturated heterocycles.